The molecule has 0 amide bonds. The number of aromatic nitrogens is 2. The molecule has 0 fully saturated rings. The van der Waals surface area contributed by atoms with Crippen molar-refractivity contribution in [3.63, 3.8) is 0 Å². The summed E-state index contributed by atoms with van der Waals surface area (Å²) >= 11 is 0. The van der Waals surface area contributed by atoms with Gasteiger partial charge in [0, 0.05) is 27.7 Å². The van der Waals surface area contributed by atoms with Crippen LogP contribution in [0, 0.1) is 0 Å². The largest absolute Gasteiger partial charge is 0.497 e. The number of hydrogen-bond donors (Lipinski definition) is 2. The van der Waals surface area contributed by atoms with E-state index in [0.717, 1.165) is 10.8 Å². The van der Waals surface area contributed by atoms with E-state index >= 15 is 0 Å². The van der Waals surface area contributed by atoms with Crippen molar-refractivity contribution in [3.8, 4) is 5.75 Å². The van der Waals surface area contributed by atoms with Crippen LogP contribution in [0.25, 0.3) is 32.6 Å². The second-order valence-corrected chi connectivity index (χ2v) is 4.73. The first-order valence-corrected chi connectivity index (χ1v) is 6.17. The molecule has 0 aliphatic rings. The Bertz CT molecular complexity index is 1080. The third-order valence-electron chi connectivity index (χ3n) is 3.65. The number of ether oxygens (including phenoxy) is 1. The van der Waals surface area contributed by atoms with Crippen LogP contribution in [0.1, 0.15) is 0 Å². The Labute approximate surface area is 112 Å². The Hall–Kier alpha value is -2.82. The number of aromatic amines is 2. The third kappa shape index (κ3) is 1.26. The summed E-state index contributed by atoms with van der Waals surface area (Å²) in [4.78, 5) is 30.0. The van der Waals surface area contributed by atoms with Crippen LogP contribution in [0.5, 0.6) is 5.75 Å². The Kier molecular flexibility index (Phi) is 1.99. The van der Waals surface area contributed by atoms with Crippen molar-refractivity contribution in [1.29, 1.82) is 0 Å². The van der Waals surface area contributed by atoms with Crippen molar-refractivity contribution in [2.45, 2.75) is 0 Å². The van der Waals surface area contributed by atoms with Crippen LogP contribution >= 0.6 is 0 Å². The number of benzene rings is 2. The first kappa shape index (κ1) is 11.0. The highest BCUT2D eigenvalue weighted by atomic mass is 16.5. The van der Waals surface area contributed by atoms with Crippen LogP contribution in [-0.4, -0.2) is 17.1 Å². The summed E-state index contributed by atoms with van der Waals surface area (Å²) in [5.74, 6) is 0.539. The summed E-state index contributed by atoms with van der Waals surface area (Å²) in [5.41, 5.74) is 0.908. The molecule has 0 aliphatic heterocycles. The number of nitrogens with one attached hydrogen (secondary N) is 2. The first-order chi connectivity index (χ1) is 9.69. The van der Waals surface area contributed by atoms with Crippen LogP contribution in [0.2, 0.25) is 0 Å². The van der Waals surface area contributed by atoms with Gasteiger partial charge < -0.3 is 14.7 Å². The Morgan fingerprint density at radius 3 is 2.40 bits per heavy atom. The van der Waals surface area contributed by atoms with Crippen LogP contribution in [0.15, 0.2) is 39.9 Å². The molecule has 4 aromatic rings. The van der Waals surface area contributed by atoms with Crippen LogP contribution in [0.4, 0.5) is 0 Å². The second-order valence-electron chi connectivity index (χ2n) is 4.73. The smallest absolute Gasteiger partial charge is 0.256 e. The standard InChI is InChI=1S/C15H10N2O3/c1-20-7-5-9-13-11(6-7)17-14(18)8-3-2-4-10(12(8)13)16-15(9)19/h2-6H,1H3,(H,16,19)(H,17,18). The number of pyridine rings is 2. The Balaban J connectivity index is 2.47. The molecule has 2 aromatic carbocycles. The fourth-order valence-corrected chi connectivity index (χ4v) is 2.77. The van der Waals surface area contributed by atoms with Gasteiger partial charge in [0.05, 0.1) is 18.0 Å². The lowest BCUT2D eigenvalue weighted by Crippen LogP contribution is -2.12. The molecule has 2 aromatic heterocycles. The van der Waals surface area contributed by atoms with Crippen LogP contribution in [0.3, 0.4) is 0 Å². The lowest BCUT2D eigenvalue weighted by molar-refractivity contribution is 0.416. The van der Waals surface area contributed by atoms with Gasteiger partial charge in [-0.15, -0.1) is 0 Å². The summed E-state index contributed by atoms with van der Waals surface area (Å²) < 4.78 is 5.18. The van der Waals surface area contributed by atoms with E-state index < -0.39 is 0 Å². The molecular weight excluding hydrogens is 256 g/mol. The van der Waals surface area contributed by atoms with Gasteiger partial charge in [-0.2, -0.15) is 0 Å². The van der Waals surface area contributed by atoms with E-state index in [-0.39, 0.29) is 11.1 Å². The number of H-pyrrole nitrogens is 2. The van der Waals surface area contributed by atoms with Crippen molar-refractivity contribution >= 4 is 32.6 Å². The van der Waals surface area contributed by atoms with Gasteiger partial charge in [0.1, 0.15) is 5.75 Å². The number of hydrogen-bond acceptors (Lipinski definition) is 3. The molecule has 0 spiro atoms. The fourth-order valence-electron chi connectivity index (χ4n) is 2.77. The Morgan fingerprint density at radius 2 is 1.60 bits per heavy atom. The highest BCUT2D eigenvalue weighted by Crippen LogP contribution is 2.31. The van der Waals surface area contributed by atoms with Gasteiger partial charge in [0.15, 0.2) is 0 Å². The molecule has 20 heavy (non-hydrogen) atoms. The molecule has 5 nitrogen and oxygen atoms in total. The van der Waals surface area contributed by atoms with Crippen molar-refractivity contribution in [3.05, 3.63) is 51.0 Å². The maximum Gasteiger partial charge on any atom is 0.256 e. The van der Waals surface area contributed by atoms with E-state index in [4.69, 9.17) is 4.74 Å². The highest BCUT2D eigenvalue weighted by molar-refractivity contribution is 6.20. The lowest BCUT2D eigenvalue weighted by Gasteiger charge is -2.10. The molecule has 0 saturated carbocycles. The topological polar surface area (TPSA) is 75.0 Å². The Morgan fingerprint density at radius 1 is 0.900 bits per heavy atom. The molecule has 0 aliphatic carbocycles. The van der Waals surface area contributed by atoms with Gasteiger partial charge in [-0.05, 0) is 18.2 Å². The zero-order valence-corrected chi connectivity index (χ0v) is 10.6. The molecule has 2 heterocycles. The summed E-state index contributed by atoms with van der Waals surface area (Å²) in [5, 5.41) is 2.63. The van der Waals surface area contributed by atoms with E-state index in [1.165, 1.54) is 7.11 Å². The SMILES string of the molecule is COc1cc2[nH]c(=O)c3cccc4[nH]c(=O)c(c1)c2c43. The molecule has 0 bridgehead atoms. The fraction of sp³-hybridized carbons (Fsp3) is 0.0667. The molecule has 0 saturated heterocycles. The molecule has 4 rings (SSSR count). The van der Waals surface area contributed by atoms with E-state index in [2.05, 4.69) is 9.97 Å². The number of methoxy groups -OCH3 is 1. The molecule has 98 valence electrons. The first-order valence-electron chi connectivity index (χ1n) is 6.17. The van der Waals surface area contributed by atoms with Crippen molar-refractivity contribution in [1.82, 2.24) is 9.97 Å². The normalized spacial score (nSPS) is 11.7. The maximum atomic E-state index is 12.2. The summed E-state index contributed by atoms with van der Waals surface area (Å²) in [6, 6.07) is 8.73. The van der Waals surface area contributed by atoms with E-state index in [9.17, 15) is 9.59 Å². The molecule has 2 N–H and O–H groups in total. The molecule has 5 heteroatoms. The average Bonchev–Trinajstić information content (AvgIpc) is 2.46. The molecule has 0 atom stereocenters. The van der Waals surface area contributed by atoms with Crippen LogP contribution < -0.4 is 15.9 Å². The minimum Gasteiger partial charge on any atom is -0.497 e. The van der Waals surface area contributed by atoms with Crippen LogP contribution in [-0.2, 0) is 0 Å². The molecular formula is C15H10N2O3. The predicted molar refractivity (Wildman–Crippen MR) is 77.9 cm³/mol. The van der Waals surface area contributed by atoms with Gasteiger partial charge in [0.25, 0.3) is 11.1 Å². The minimum absolute atomic E-state index is 0.176. The summed E-state index contributed by atoms with van der Waals surface area (Å²) in [7, 11) is 1.53. The predicted octanol–water partition coefficient (Wildman–Crippen LogP) is 1.97. The van der Waals surface area contributed by atoms with Gasteiger partial charge in [-0.25, -0.2) is 0 Å². The van der Waals surface area contributed by atoms with Gasteiger partial charge >= 0.3 is 0 Å². The van der Waals surface area contributed by atoms with E-state index in [1.54, 1.807) is 30.3 Å². The molecule has 0 radical (unpaired) electrons. The third-order valence-corrected chi connectivity index (χ3v) is 3.65. The average molecular weight is 266 g/mol. The van der Waals surface area contributed by atoms with Gasteiger partial charge in [0.2, 0.25) is 0 Å². The number of rotatable bonds is 1. The van der Waals surface area contributed by atoms with Crippen molar-refractivity contribution < 1.29 is 4.74 Å². The lowest BCUT2D eigenvalue weighted by atomic mass is 10.0. The summed E-state index contributed by atoms with van der Waals surface area (Å²) in [6.07, 6.45) is 0. The maximum absolute atomic E-state index is 12.2. The highest BCUT2D eigenvalue weighted by Gasteiger charge is 2.14. The monoisotopic (exact) mass is 266 g/mol. The summed E-state index contributed by atoms with van der Waals surface area (Å²) in [6.45, 7) is 0. The zero-order chi connectivity index (χ0) is 13.9. The van der Waals surface area contributed by atoms with E-state index in [1.807, 2.05) is 0 Å². The van der Waals surface area contributed by atoms with Crippen molar-refractivity contribution in [2.24, 2.45) is 0 Å². The van der Waals surface area contributed by atoms with Crippen molar-refractivity contribution in [2.75, 3.05) is 7.11 Å². The zero-order valence-electron chi connectivity index (χ0n) is 10.6. The molecule has 0 unspecified atom stereocenters. The van der Waals surface area contributed by atoms with Gasteiger partial charge in [-0.3, -0.25) is 9.59 Å². The quantitative estimate of drug-likeness (QED) is 0.517. The van der Waals surface area contributed by atoms with Gasteiger partial charge in [-0.1, -0.05) is 6.07 Å². The van der Waals surface area contributed by atoms with E-state index in [0.29, 0.717) is 27.6 Å². The minimum atomic E-state index is -0.194. The second kappa shape index (κ2) is 3.60.